The molecule has 0 fully saturated rings. The number of aliphatic hydroxyl groups is 1. The number of hydrogen-bond acceptors (Lipinski definition) is 1. The molecule has 0 heterocycles. The lowest BCUT2D eigenvalue weighted by molar-refractivity contribution is 0.0535. The number of unbranched alkanes of at least 4 members (excludes halogenated alkanes) is 2. The van der Waals surface area contributed by atoms with Crippen LogP contribution in [-0.4, -0.2) is 10.7 Å². The lowest BCUT2D eigenvalue weighted by atomic mass is 9.83. The Hall–Kier alpha value is -0.300. The Morgan fingerprint density at radius 1 is 1.00 bits per heavy atom. The molecule has 0 bridgehead atoms. The van der Waals surface area contributed by atoms with Gasteiger partial charge in [0.05, 0.1) is 5.60 Å². The third-order valence-electron chi connectivity index (χ3n) is 3.10. The van der Waals surface area contributed by atoms with Gasteiger partial charge in [0.1, 0.15) is 0 Å². The second kappa shape index (κ2) is 7.92. The average molecular weight is 212 g/mol. The monoisotopic (exact) mass is 212 g/mol. The molecule has 1 atom stereocenters. The van der Waals surface area contributed by atoms with Crippen LogP contribution >= 0.6 is 0 Å². The second-order valence-electron chi connectivity index (χ2n) is 4.59. The summed E-state index contributed by atoms with van der Waals surface area (Å²) in [5, 5.41) is 10.5. The van der Waals surface area contributed by atoms with E-state index in [1.807, 2.05) is 0 Å². The van der Waals surface area contributed by atoms with Gasteiger partial charge in [0.15, 0.2) is 0 Å². The van der Waals surface area contributed by atoms with Gasteiger partial charge in [0.25, 0.3) is 0 Å². The third kappa shape index (κ3) is 5.36. The molecule has 0 aromatic heterocycles. The van der Waals surface area contributed by atoms with Crippen LogP contribution in [0.1, 0.15) is 72.1 Å². The second-order valence-corrected chi connectivity index (χ2v) is 4.59. The summed E-state index contributed by atoms with van der Waals surface area (Å²) in [6, 6.07) is 0. The fourth-order valence-corrected chi connectivity index (χ4v) is 1.98. The molecular weight excluding hydrogens is 184 g/mol. The Morgan fingerprint density at radius 3 is 2.07 bits per heavy atom. The van der Waals surface area contributed by atoms with E-state index >= 15 is 0 Å². The van der Waals surface area contributed by atoms with Gasteiger partial charge in [-0.25, -0.2) is 0 Å². The molecule has 0 saturated heterocycles. The van der Waals surface area contributed by atoms with Crippen LogP contribution in [-0.2, 0) is 0 Å². The van der Waals surface area contributed by atoms with Crippen LogP contribution < -0.4 is 0 Å². The standard InChI is InChI=1S/C14H28O/c1-5-8-10-13(4)14(15,11-7-3)12-9-6-2/h15H,4-12H2,1-3H3. The van der Waals surface area contributed by atoms with E-state index in [4.69, 9.17) is 0 Å². The van der Waals surface area contributed by atoms with Crippen molar-refractivity contribution in [1.82, 2.24) is 0 Å². The molecule has 0 radical (unpaired) electrons. The van der Waals surface area contributed by atoms with Crippen molar-refractivity contribution < 1.29 is 5.11 Å². The van der Waals surface area contributed by atoms with E-state index in [0.717, 1.165) is 50.5 Å². The maximum absolute atomic E-state index is 10.5. The van der Waals surface area contributed by atoms with Crippen molar-refractivity contribution in [1.29, 1.82) is 0 Å². The van der Waals surface area contributed by atoms with Crippen LogP contribution in [0, 0.1) is 0 Å². The maximum Gasteiger partial charge on any atom is 0.0854 e. The van der Waals surface area contributed by atoms with Gasteiger partial charge in [-0.1, -0.05) is 53.0 Å². The predicted molar refractivity (Wildman–Crippen MR) is 68.0 cm³/mol. The Labute approximate surface area is 95.6 Å². The fourth-order valence-electron chi connectivity index (χ4n) is 1.98. The van der Waals surface area contributed by atoms with Gasteiger partial charge in [-0.3, -0.25) is 0 Å². The summed E-state index contributed by atoms with van der Waals surface area (Å²) in [6.07, 6.45) is 8.35. The van der Waals surface area contributed by atoms with Gasteiger partial charge < -0.3 is 5.11 Å². The summed E-state index contributed by atoms with van der Waals surface area (Å²) >= 11 is 0. The van der Waals surface area contributed by atoms with Crippen LogP contribution in [0.25, 0.3) is 0 Å². The van der Waals surface area contributed by atoms with Gasteiger partial charge in [0, 0.05) is 0 Å². The summed E-state index contributed by atoms with van der Waals surface area (Å²) in [5.41, 5.74) is 0.472. The van der Waals surface area contributed by atoms with Gasteiger partial charge in [0.2, 0.25) is 0 Å². The van der Waals surface area contributed by atoms with Gasteiger partial charge >= 0.3 is 0 Å². The minimum absolute atomic E-state index is 0.583. The Bertz CT molecular complexity index is 174. The lowest BCUT2D eigenvalue weighted by Crippen LogP contribution is -2.30. The molecule has 1 unspecified atom stereocenters. The zero-order chi connectivity index (χ0) is 11.7. The van der Waals surface area contributed by atoms with Crippen molar-refractivity contribution in [3.63, 3.8) is 0 Å². The lowest BCUT2D eigenvalue weighted by Gasteiger charge is -2.30. The minimum Gasteiger partial charge on any atom is -0.386 e. The zero-order valence-corrected chi connectivity index (χ0v) is 10.8. The van der Waals surface area contributed by atoms with E-state index < -0.39 is 5.60 Å². The maximum atomic E-state index is 10.5. The van der Waals surface area contributed by atoms with Crippen LogP contribution in [0.15, 0.2) is 12.2 Å². The Kier molecular flexibility index (Phi) is 7.76. The molecule has 1 nitrogen and oxygen atoms in total. The SMILES string of the molecule is C=C(CCCC)C(O)(CCC)CCCC. The molecule has 15 heavy (non-hydrogen) atoms. The molecule has 1 heteroatoms. The highest BCUT2D eigenvalue weighted by Crippen LogP contribution is 2.30. The van der Waals surface area contributed by atoms with E-state index in [1.165, 1.54) is 6.42 Å². The van der Waals surface area contributed by atoms with E-state index in [1.54, 1.807) is 0 Å². The van der Waals surface area contributed by atoms with Crippen molar-refractivity contribution in [2.45, 2.75) is 77.7 Å². The topological polar surface area (TPSA) is 20.2 Å². The van der Waals surface area contributed by atoms with Gasteiger partial charge in [-0.05, 0) is 31.3 Å². The molecule has 0 rings (SSSR count). The van der Waals surface area contributed by atoms with Gasteiger partial charge in [-0.15, -0.1) is 0 Å². The molecule has 90 valence electrons. The molecule has 0 amide bonds. The Balaban J connectivity index is 4.25. The van der Waals surface area contributed by atoms with Crippen molar-refractivity contribution in [2.75, 3.05) is 0 Å². The summed E-state index contributed by atoms with van der Waals surface area (Å²) in [4.78, 5) is 0. The fraction of sp³-hybridized carbons (Fsp3) is 0.857. The van der Waals surface area contributed by atoms with Crippen molar-refractivity contribution in [3.8, 4) is 0 Å². The van der Waals surface area contributed by atoms with E-state index in [-0.39, 0.29) is 0 Å². The normalized spacial score (nSPS) is 14.9. The molecule has 0 spiro atoms. The van der Waals surface area contributed by atoms with Gasteiger partial charge in [-0.2, -0.15) is 0 Å². The number of hydrogen-bond donors (Lipinski definition) is 1. The first kappa shape index (κ1) is 14.7. The van der Waals surface area contributed by atoms with Crippen LogP contribution in [0.5, 0.6) is 0 Å². The van der Waals surface area contributed by atoms with Crippen LogP contribution in [0.3, 0.4) is 0 Å². The summed E-state index contributed by atoms with van der Waals surface area (Å²) in [7, 11) is 0. The van der Waals surface area contributed by atoms with E-state index in [9.17, 15) is 5.11 Å². The molecular formula is C14H28O. The first-order valence-electron chi connectivity index (χ1n) is 6.51. The first-order valence-corrected chi connectivity index (χ1v) is 6.51. The van der Waals surface area contributed by atoms with E-state index in [2.05, 4.69) is 27.4 Å². The molecule has 0 aliphatic carbocycles. The average Bonchev–Trinajstić information content (AvgIpc) is 2.23. The molecule has 0 aromatic rings. The highest BCUT2D eigenvalue weighted by Gasteiger charge is 2.27. The largest absolute Gasteiger partial charge is 0.386 e. The summed E-state index contributed by atoms with van der Waals surface area (Å²) < 4.78 is 0. The van der Waals surface area contributed by atoms with Crippen molar-refractivity contribution >= 4 is 0 Å². The molecule has 0 aromatic carbocycles. The van der Waals surface area contributed by atoms with Crippen LogP contribution in [0.2, 0.25) is 0 Å². The molecule has 0 saturated carbocycles. The number of rotatable bonds is 9. The Morgan fingerprint density at radius 2 is 1.60 bits per heavy atom. The molecule has 0 aliphatic heterocycles. The van der Waals surface area contributed by atoms with Crippen molar-refractivity contribution in [3.05, 3.63) is 12.2 Å². The predicted octanol–water partition coefficient (Wildman–Crippen LogP) is 4.45. The third-order valence-corrected chi connectivity index (χ3v) is 3.10. The highest BCUT2D eigenvalue weighted by atomic mass is 16.3. The zero-order valence-electron chi connectivity index (χ0n) is 10.8. The smallest absolute Gasteiger partial charge is 0.0854 e. The van der Waals surface area contributed by atoms with E-state index in [0.29, 0.717) is 0 Å². The quantitative estimate of drug-likeness (QED) is 0.560. The summed E-state index contributed by atoms with van der Waals surface area (Å²) in [5.74, 6) is 0. The first-order chi connectivity index (χ1) is 7.10. The summed E-state index contributed by atoms with van der Waals surface area (Å²) in [6.45, 7) is 10.6. The highest BCUT2D eigenvalue weighted by molar-refractivity contribution is 5.12. The minimum atomic E-state index is -0.583. The molecule has 0 aliphatic rings. The van der Waals surface area contributed by atoms with Crippen molar-refractivity contribution in [2.24, 2.45) is 0 Å². The van der Waals surface area contributed by atoms with Crippen LogP contribution in [0.4, 0.5) is 0 Å². The molecule has 1 N–H and O–H groups in total.